The molecule has 0 N–H and O–H groups in total. The van der Waals surface area contributed by atoms with Gasteiger partial charge in [-0.05, 0) is 43.4 Å². The topological polar surface area (TPSA) is 29.5 Å². The first kappa shape index (κ1) is 15.5. The molecule has 0 spiro atoms. The number of rotatable bonds is 6. The lowest BCUT2D eigenvalue weighted by atomic mass is 9.80. The predicted molar refractivity (Wildman–Crippen MR) is 83.4 cm³/mol. The van der Waals surface area contributed by atoms with Gasteiger partial charge < -0.3 is 9.64 Å². The third kappa shape index (κ3) is 4.32. The van der Waals surface area contributed by atoms with Crippen LogP contribution >= 0.6 is 15.9 Å². The van der Waals surface area contributed by atoms with Crippen molar-refractivity contribution in [2.24, 2.45) is 5.92 Å². The van der Waals surface area contributed by atoms with Gasteiger partial charge in [0.15, 0.2) is 0 Å². The van der Waals surface area contributed by atoms with Crippen LogP contribution in [0.4, 0.5) is 0 Å². The summed E-state index contributed by atoms with van der Waals surface area (Å²) >= 11 is 3.42. The highest BCUT2D eigenvalue weighted by molar-refractivity contribution is 9.10. The molecular formula is C16H22BrNO2. The first-order valence-corrected chi connectivity index (χ1v) is 7.97. The summed E-state index contributed by atoms with van der Waals surface area (Å²) < 4.78 is 6.59. The van der Waals surface area contributed by atoms with Crippen molar-refractivity contribution in [3.05, 3.63) is 34.3 Å². The second kappa shape index (κ2) is 7.23. The number of ether oxygens (including phenoxy) is 1. The van der Waals surface area contributed by atoms with E-state index in [1.54, 1.807) is 0 Å². The van der Waals surface area contributed by atoms with Crippen molar-refractivity contribution in [2.75, 3.05) is 13.7 Å². The van der Waals surface area contributed by atoms with Gasteiger partial charge in [-0.2, -0.15) is 0 Å². The first-order chi connectivity index (χ1) is 9.58. The molecule has 1 amide bonds. The number of amides is 1. The largest absolute Gasteiger partial charge is 0.378 e. The number of halogens is 1. The molecule has 3 nitrogen and oxygen atoms in total. The molecule has 1 saturated carbocycles. The lowest BCUT2D eigenvalue weighted by molar-refractivity contribution is -0.133. The molecule has 1 fully saturated rings. The average Bonchev–Trinajstić information content (AvgIpc) is 2.39. The Morgan fingerprint density at radius 1 is 1.35 bits per heavy atom. The monoisotopic (exact) mass is 339 g/mol. The Balaban J connectivity index is 1.74. The summed E-state index contributed by atoms with van der Waals surface area (Å²) in [6, 6.07) is 8.10. The van der Waals surface area contributed by atoms with Crippen LogP contribution in [0.5, 0.6) is 0 Å². The Morgan fingerprint density at radius 3 is 2.60 bits per heavy atom. The minimum atomic E-state index is 0.230. The third-order valence-corrected chi connectivity index (χ3v) is 4.35. The summed E-state index contributed by atoms with van der Waals surface area (Å²) in [5, 5.41) is 0. The lowest BCUT2D eigenvalue weighted by Gasteiger charge is -2.35. The van der Waals surface area contributed by atoms with Crippen LogP contribution in [0.25, 0.3) is 0 Å². The summed E-state index contributed by atoms with van der Waals surface area (Å²) in [5.41, 5.74) is 1.16. The summed E-state index contributed by atoms with van der Waals surface area (Å²) in [5.74, 6) is 0.735. The van der Waals surface area contributed by atoms with E-state index in [-0.39, 0.29) is 5.91 Å². The van der Waals surface area contributed by atoms with E-state index >= 15 is 0 Å². The van der Waals surface area contributed by atoms with Crippen molar-refractivity contribution in [3.8, 4) is 0 Å². The maximum absolute atomic E-state index is 12.2. The van der Waals surface area contributed by atoms with Gasteiger partial charge in [-0.1, -0.05) is 28.1 Å². The van der Waals surface area contributed by atoms with Crippen LogP contribution in [0.15, 0.2) is 28.7 Å². The molecule has 0 heterocycles. The maximum atomic E-state index is 12.2. The molecule has 0 saturated heterocycles. The van der Waals surface area contributed by atoms with Crippen molar-refractivity contribution in [2.45, 2.75) is 38.8 Å². The second-order valence-electron chi connectivity index (χ2n) is 5.50. The van der Waals surface area contributed by atoms with Gasteiger partial charge in [0.2, 0.25) is 5.91 Å². The summed E-state index contributed by atoms with van der Waals surface area (Å²) in [6.45, 7) is 3.47. The summed E-state index contributed by atoms with van der Waals surface area (Å²) in [4.78, 5) is 14.0. The molecule has 0 radical (unpaired) electrons. The van der Waals surface area contributed by atoms with Crippen molar-refractivity contribution in [1.29, 1.82) is 0 Å². The zero-order valence-electron chi connectivity index (χ0n) is 12.1. The Kier molecular flexibility index (Phi) is 5.61. The van der Waals surface area contributed by atoms with Crippen LogP contribution in [0, 0.1) is 5.92 Å². The van der Waals surface area contributed by atoms with Crippen LogP contribution < -0.4 is 0 Å². The van der Waals surface area contributed by atoms with Crippen molar-refractivity contribution < 1.29 is 9.53 Å². The zero-order valence-corrected chi connectivity index (χ0v) is 13.7. The third-order valence-electron chi connectivity index (χ3n) is 3.82. The van der Waals surface area contributed by atoms with Crippen LogP contribution in [0.1, 0.15) is 31.7 Å². The van der Waals surface area contributed by atoms with Crippen LogP contribution in [-0.4, -0.2) is 30.6 Å². The van der Waals surface area contributed by atoms with Gasteiger partial charge in [0.25, 0.3) is 0 Å². The molecule has 0 atom stereocenters. The van der Waals surface area contributed by atoms with Gasteiger partial charge in [0, 0.05) is 31.1 Å². The number of carbonyl (C=O) groups is 1. The molecule has 1 aromatic rings. The number of benzene rings is 1. The van der Waals surface area contributed by atoms with E-state index in [9.17, 15) is 4.79 Å². The summed E-state index contributed by atoms with van der Waals surface area (Å²) in [7, 11) is 1.88. The predicted octanol–water partition coefficient (Wildman–Crippen LogP) is 3.61. The van der Waals surface area contributed by atoms with E-state index in [0.29, 0.717) is 25.0 Å². The second-order valence-corrected chi connectivity index (χ2v) is 6.41. The number of hydrogen-bond donors (Lipinski definition) is 0. The number of carbonyl (C=O) groups excluding carboxylic acids is 1. The molecule has 110 valence electrons. The Morgan fingerprint density at radius 2 is 2.00 bits per heavy atom. The van der Waals surface area contributed by atoms with Crippen LogP contribution in [-0.2, 0) is 16.1 Å². The highest BCUT2D eigenvalue weighted by atomic mass is 79.9. The number of nitrogens with zero attached hydrogens (tertiary/aromatic N) is 1. The fraction of sp³-hybridized carbons (Fsp3) is 0.562. The van der Waals surface area contributed by atoms with E-state index < -0.39 is 0 Å². The van der Waals surface area contributed by atoms with Crippen molar-refractivity contribution in [1.82, 2.24) is 4.90 Å². The Bertz CT molecular complexity index is 440. The Hall–Kier alpha value is -0.870. The molecule has 0 aliphatic heterocycles. The van der Waals surface area contributed by atoms with Gasteiger partial charge >= 0.3 is 0 Å². The quantitative estimate of drug-likeness (QED) is 0.792. The van der Waals surface area contributed by atoms with E-state index in [0.717, 1.165) is 29.5 Å². The molecule has 20 heavy (non-hydrogen) atoms. The Labute approximate surface area is 129 Å². The van der Waals surface area contributed by atoms with Crippen LogP contribution in [0.3, 0.4) is 0 Å². The maximum Gasteiger partial charge on any atom is 0.222 e. The molecule has 1 aromatic carbocycles. The van der Waals surface area contributed by atoms with Gasteiger partial charge in [0.1, 0.15) is 0 Å². The van der Waals surface area contributed by atoms with E-state index in [1.807, 2.05) is 43.1 Å². The molecule has 0 bridgehead atoms. The smallest absolute Gasteiger partial charge is 0.222 e. The van der Waals surface area contributed by atoms with E-state index in [4.69, 9.17) is 4.74 Å². The molecule has 0 unspecified atom stereocenters. The highest BCUT2D eigenvalue weighted by Crippen LogP contribution is 2.33. The van der Waals surface area contributed by atoms with Crippen LogP contribution in [0.2, 0.25) is 0 Å². The molecule has 1 aliphatic carbocycles. The zero-order chi connectivity index (χ0) is 14.5. The highest BCUT2D eigenvalue weighted by Gasteiger charge is 2.31. The van der Waals surface area contributed by atoms with Gasteiger partial charge in [-0.15, -0.1) is 0 Å². The first-order valence-electron chi connectivity index (χ1n) is 7.18. The standard InChI is InChI=1S/C16H22BrNO2/c1-3-20-15-8-13(9-15)10-16(19)18(2)11-12-4-6-14(17)7-5-12/h4-7,13,15H,3,8-11H2,1-2H3. The minimum absolute atomic E-state index is 0.230. The fourth-order valence-electron chi connectivity index (χ4n) is 2.57. The lowest BCUT2D eigenvalue weighted by Crippen LogP contribution is -2.36. The van der Waals surface area contributed by atoms with Crippen molar-refractivity contribution >= 4 is 21.8 Å². The average molecular weight is 340 g/mol. The van der Waals surface area contributed by atoms with E-state index in [2.05, 4.69) is 15.9 Å². The SMILES string of the molecule is CCOC1CC(CC(=O)N(C)Cc2ccc(Br)cc2)C1. The minimum Gasteiger partial charge on any atom is -0.378 e. The molecule has 2 rings (SSSR count). The normalized spacial score (nSPS) is 21.4. The fourth-order valence-corrected chi connectivity index (χ4v) is 2.83. The molecular weight excluding hydrogens is 318 g/mol. The summed E-state index contributed by atoms with van der Waals surface area (Å²) in [6.07, 6.45) is 3.10. The number of hydrogen-bond acceptors (Lipinski definition) is 2. The van der Waals surface area contributed by atoms with Gasteiger partial charge in [-0.25, -0.2) is 0 Å². The molecule has 0 aromatic heterocycles. The van der Waals surface area contributed by atoms with Gasteiger partial charge in [-0.3, -0.25) is 4.79 Å². The van der Waals surface area contributed by atoms with Gasteiger partial charge in [0.05, 0.1) is 6.10 Å². The molecule has 1 aliphatic rings. The van der Waals surface area contributed by atoms with Crippen molar-refractivity contribution in [3.63, 3.8) is 0 Å². The molecule has 4 heteroatoms. The van der Waals surface area contributed by atoms with E-state index in [1.165, 1.54) is 0 Å².